The van der Waals surface area contributed by atoms with Crippen molar-refractivity contribution >= 4 is 15.9 Å². The van der Waals surface area contributed by atoms with Gasteiger partial charge in [-0.3, -0.25) is 8.98 Å². The predicted octanol–water partition coefficient (Wildman–Crippen LogP) is 5.68. The Hall–Kier alpha value is -1.20. The summed E-state index contributed by atoms with van der Waals surface area (Å²) in [6.45, 7) is 6.76. The molecule has 1 aromatic carbocycles. The number of hydrogen-bond donors (Lipinski definition) is 0. The van der Waals surface area contributed by atoms with Crippen LogP contribution >= 0.6 is 0 Å². The van der Waals surface area contributed by atoms with Crippen molar-refractivity contribution in [2.45, 2.75) is 89.6 Å². The van der Waals surface area contributed by atoms with E-state index in [1.165, 1.54) is 19.3 Å². The number of carbonyl (C=O) groups is 1. The van der Waals surface area contributed by atoms with Crippen molar-refractivity contribution in [2.75, 3.05) is 0 Å². The van der Waals surface area contributed by atoms with E-state index in [9.17, 15) is 13.2 Å². The molecule has 0 saturated heterocycles. The average molecular weight is 445 g/mol. The molecule has 0 heterocycles. The molecule has 0 bridgehead atoms. The largest absolute Gasteiger partial charge is 0.300 e. The molecule has 5 rings (SSSR count). The van der Waals surface area contributed by atoms with Crippen LogP contribution < -0.4 is 0 Å². The molecule has 0 N–H and O–H groups in total. The zero-order valence-corrected chi connectivity index (χ0v) is 19.9. The van der Waals surface area contributed by atoms with E-state index in [1.807, 2.05) is 19.1 Å². The topological polar surface area (TPSA) is 60.4 Å². The lowest BCUT2D eigenvalue weighted by Gasteiger charge is -2.60. The third-order valence-electron chi connectivity index (χ3n) is 9.76. The van der Waals surface area contributed by atoms with Gasteiger partial charge in [0.25, 0.3) is 10.1 Å². The molecular weight excluding hydrogens is 408 g/mol. The van der Waals surface area contributed by atoms with Crippen molar-refractivity contribution in [1.29, 1.82) is 0 Å². The lowest BCUT2D eigenvalue weighted by molar-refractivity contribution is -0.119. The van der Waals surface area contributed by atoms with E-state index in [0.717, 1.165) is 44.1 Å². The molecule has 5 heteroatoms. The molecule has 0 spiro atoms. The molecule has 170 valence electrons. The summed E-state index contributed by atoms with van der Waals surface area (Å²) in [5, 5.41) is 0. The van der Waals surface area contributed by atoms with Gasteiger partial charge in [-0.05, 0) is 98.5 Å². The molecule has 7 atom stereocenters. The molecule has 4 fully saturated rings. The van der Waals surface area contributed by atoms with Gasteiger partial charge in [0.05, 0.1) is 11.0 Å². The quantitative estimate of drug-likeness (QED) is 0.563. The van der Waals surface area contributed by atoms with Gasteiger partial charge in [-0.1, -0.05) is 31.5 Å². The lowest BCUT2D eigenvalue weighted by atomic mass is 9.45. The Morgan fingerprint density at radius 2 is 1.71 bits per heavy atom. The normalized spacial score (nSPS) is 42.5. The summed E-state index contributed by atoms with van der Waals surface area (Å²) >= 11 is 0. The first-order valence-corrected chi connectivity index (χ1v) is 13.5. The van der Waals surface area contributed by atoms with Crippen molar-refractivity contribution in [2.24, 2.45) is 34.5 Å². The SMILES string of the molecule is Cc1ccc(S(=O)(=O)O[C@H]2CC[C@]3(C)[C@H](CC[C@H]4[C@H]5CC(=O)C[C@]5(C)CC[C@@H]43)C2)cc1. The molecule has 0 aromatic heterocycles. The lowest BCUT2D eigenvalue weighted by Crippen LogP contribution is -2.53. The van der Waals surface area contributed by atoms with Gasteiger partial charge in [0.2, 0.25) is 0 Å². The van der Waals surface area contributed by atoms with E-state index in [0.29, 0.717) is 29.5 Å². The van der Waals surface area contributed by atoms with Crippen molar-refractivity contribution in [3.63, 3.8) is 0 Å². The van der Waals surface area contributed by atoms with E-state index >= 15 is 0 Å². The molecule has 0 aliphatic heterocycles. The van der Waals surface area contributed by atoms with Crippen LogP contribution in [0.4, 0.5) is 0 Å². The molecule has 0 amide bonds. The molecule has 1 aromatic rings. The Bertz CT molecular complexity index is 968. The third kappa shape index (κ3) is 3.60. The Balaban J connectivity index is 1.30. The number of carbonyl (C=O) groups excluding carboxylic acids is 1. The molecule has 4 aliphatic carbocycles. The smallest absolute Gasteiger partial charge is 0.297 e. The zero-order valence-electron chi connectivity index (χ0n) is 19.1. The van der Waals surface area contributed by atoms with Crippen molar-refractivity contribution in [3.05, 3.63) is 29.8 Å². The number of benzene rings is 1. The van der Waals surface area contributed by atoms with E-state index in [4.69, 9.17) is 4.18 Å². The summed E-state index contributed by atoms with van der Waals surface area (Å²) in [5.74, 6) is 2.89. The van der Waals surface area contributed by atoms with Crippen LogP contribution in [0.1, 0.15) is 77.2 Å². The molecule has 0 radical (unpaired) electrons. The summed E-state index contributed by atoms with van der Waals surface area (Å²) in [5.41, 5.74) is 1.52. The van der Waals surface area contributed by atoms with Gasteiger partial charge in [0.15, 0.2) is 0 Å². The maximum Gasteiger partial charge on any atom is 0.297 e. The first-order chi connectivity index (χ1) is 14.6. The van der Waals surface area contributed by atoms with Crippen molar-refractivity contribution in [1.82, 2.24) is 0 Å². The maximum atomic E-state index is 12.8. The van der Waals surface area contributed by atoms with Gasteiger partial charge >= 0.3 is 0 Å². The van der Waals surface area contributed by atoms with Crippen LogP contribution in [0.15, 0.2) is 29.2 Å². The number of hydrogen-bond acceptors (Lipinski definition) is 4. The fraction of sp³-hybridized carbons (Fsp3) is 0.731. The first kappa shape index (κ1) is 21.6. The van der Waals surface area contributed by atoms with Crippen molar-refractivity contribution < 1.29 is 17.4 Å². The summed E-state index contributed by atoms with van der Waals surface area (Å²) in [6.07, 6.45) is 8.77. The number of Topliss-reactive ketones (excluding diaryl/α,β-unsaturated/α-hetero) is 1. The van der Waals surface area contributed by atoms with Gasteiger partial charge < -0.3 is 0 Å². The average Bonchev–Trinajstić information content (AvgIpc) is 3.02. The third-order valence-corrected chi connectivity index (χ3v) is 11.1. The minimum Gasteiger partial charge on any atom is -0.300 e. The van der Waals surface area contributed by atoms with Crippen LogP contribution in [0.2, 0.25) is 0 Å². The summed E-state index contributed by atoms with van der Waals surface area (Å²) in [7, 11) is -3.72. The highest BCUT2D eigenvalue weighted by Gasteiger charge is 2.59. The summed E-state index contributed by atoms with van der Waals surface area (Å²) < 4.78 is 31.4. The van der Waals surface area contributed by atoms with Crippen molar-refractivity contribution in [3.8, 4) is 0 Å². The van der Waals surface area contributed by atoms with Gasteiger partial charge in [0.1, 0.15) is 5.78 Å². The fourth-order valence-corrected chi connectivity index (χ4v) is 9.14. The number of fused-ring (bicyclic) bond motifs is 5. The second kappa shape index (κ2) is 7.41. The molecule has 4 nitrogen and oxygen atoms in total. The predicted molar refractivity (Wildman–Crippen MR) is 120 cm³/mol. The maximum absolute atomic E-state index is 12.8. The fourth-order valence-electron chi connectivity index (χ4n) is 8.03. The Kier molecular flexibility index (Phi) is 5.17. The van der Waals surface area contributed by atoms with Crippen LogP contribution in [0.25, 0.3) is 0 Å². The van der Waals surface area contributed by atoms with E-state index in [1.54, 1.807) is 12.1 Å². The summed E-state index contributed by atoms with van der Waals surface area (Å²) in [6, 6.07) is 6.93. The number of aryl methyl sites for hydroxylation is 1. The minimum atomic E-state index is -3.72. The van der Waals surface area contributed by atoms with Gasteiger partial charge in [-0.2, -0.15) is 8.42 Å². The van der Waals surface area contributed by atoms with E-state index < -0.39 is 10.1 Å². The van der Waals surface area contributed by atoms with Crippen LogP contribution in [0.5, 0.6) is 0 Å². The minimum absolute atomic E-state index is 0.220. The second-order valence-electron chi connectivity index (χ2n) is 11.5. The number of rotatable bonds is 3. The molecular formula is C26H36O4S. The summed E-state index contributed by atoms with van der Waals surface area (Å²) in [4.78, 5) is 12.5. The highest BCUT2D eigenvalue weighted by atomic mass is 32.2. The van der Waals surface area contributed by atoms with Crippen LogP contribution in [0.3, 0.4) is 0 Å². The Morgan fingerprint density at radius 1 is 0.968 bits per heavy atom. The first-order valence-electron chi connectivity index (χ1n) is 12.1. The molecule has 0 unspecified atom stereocenters. The highest BCUT2D eigenvalue weighted by molar-refractivity contribution is 7.86. The standard InChI is InChI=1S/C26H36O4S/c1-17-4-7-21(8-5-17)31(28,29)30-20-10-13-26(3)18(14-20)6-9-22-23(26)11-12-25(2)16-19(27)15-24(22)25/h4-5,7-8,18,20,22-24H,6,9-16H2,1-3H3/t18-,20+,22-,23+,24-,25+,26-/m1/s1. The van der Waals surface area contributed by atoms with Gasteiger partial charge in [0, 0.05) is 12.8 Å². The highest BCUT2D eigenvalue weighted by Crippen LogP contribution is 2.65. The van der Waals surface area contributed by atoms with Crippen LogP contribution in [-0.4, -0.2) is 20.3 Å². The molecule has 4 aliphatic rings. The van der Waals surface area contributed by atoms with E-state index in [2.05, 4.69) is 13.8 Å². The van der Waals surface area contributed by atoms with Crippen LogP contribution in [-0.2, 0) is 19.1 Å². The Morgan fingerprint density at radius 3 is 2.45 bits per heavy atom. The monoisotopic (exact) mass is 444 g/mol. The van der Waals surface area contributed by atoms with Gasteiger partial charge in [-0.15, -0.1) is 0 Å². The molecule has 31 heavy (non-hydrogen) atoms. The number of ketones is 1. The Labute approximate surface area is 187 Å². The second-order valence-corrected chi connectivity index (χ2v) is 13.1. The van der Waals surface area contributed by atoms with E-state index in [-0.39, 0.29) is 21.8 Å². The van der Waals surface area contributed by atoms with Crippen LogP contribution in [0, 0.1) is 41.4 Å². The zero-order chi connectivity index (χ0) is 22.0. The molecule has 4 saturated carbocycles. The van der Waals surface area contributed by atoms with Gasteiger partial charge in [-0.25, -0.2) is 0 Å².